The molecule has 2 aromatic heterocycles. The topological polar surface area (TPSA) is 43.3 Å². The van der Waals surface area contributed by atoms with E-state index < -0.39 is 0 Å². The van der Waals surface area contributed by atoms with E-state index in [-0.39, 0.29) is 5.82 Å². The van der Waals surface area contributed by atoms with Crippen LogP contribution in [0.1, 0.15) is 16.8 Å². The van der Waals surface area contributed by atoms with Crippen molar-refractivity contribution in [3.8, 4) is 0 Å². The number of hydrogen-bond donors (Lipinski definition) is 1. The van der Waals surface area contributed by atoms with Crippen LogP contribution in [-0.4, -0.2) is 9.38 Å². The van der Waals surface area contributed by atoms with Crippen LogP contribution in [0.5, 0.6) is 0 Å². The van der Waals surface area contributed by atoms with Gasteiger partial charge in [-0.2, -0.15) is 0 Å². The Morgan fingerprint density at radius 3 is 2.68 bits per heavy atom. The smallest absolute Gasteiger partial charge is 0.137 e. The molecule has 0 spiro atoms. The molecule has 0 aliphatic rings. The summed E-state index contributed by atoms with van der Waals surface area (Å²) in [5.41, 5.74) is 10.5. The molecule has 0 saturated heterocycles. The molecule has 3 aromatic rings. The van der Waals surface area contributed by atoms with Crippen molar-refractivity contribution < 1.29 is 4.39 Å². The Kier molecular flexibility index (Phi) is 2.71. The maximum absolute atomic E-state index is 12.8. The Bertz CT molecular complexity index is 690. The number of nitrogen functional groups attached to an aromatic ring is 1. The van der Waals surface area contributed by atoms with Crippen molar-refractivity contribution in [1.82, 2.24) is 9.38 Å². The summed E-state index contributed by atoms with van der Waals surface area (Å²) in [5, 5.41) is 0. The number of nitrogens with two attached hydrogens (primary N) is 1. The largest absolute Gasteiger partial charge is 0.397 e. The molecule has 0 fully saturated rings. The third kappa shape index (κ3) is 2.29. The van der Waals surface area contributed by atoms with E-state index in [0.29, 0.717) is 6.42 Å². The van der Waals surface area contributed by atoms with Gasteiger partial charge in [0.15, 0.2) is 0 Å². The van der Waals surface area contributed by atoms with Crippen molar-refractivity contribution in [3.63, 3.8) is 0 Å². The van der Waals surface area contributed by atoms with Crippen LogP contribution in [0.2, 0.25) is 0 Å². The molecule has 2 heterocycles. The van der Waals surface area contributed by atoms with Crippen molar-refractivity contribution in [2.45, 2.75) is 13.3 Å². The minimum atomic E-state index is -0.220. The molecule has 0 bridgehead atoms. The second-order valence-corrected chi connectivity index (χ2v) is 4.71. The van der Waals surface area contributed by atoms with Crippen molar-refractivity contribution >= 4 is 11.3 Å². The number of nitrogens with zero attached hydrogens (tertiary/aromatic N) is 2. The van der Waals surface area contributed by atoms with Gasteiger partial charge in [0.2, 0.25) is 0 Å². The maximum Gasteiger partial charge on any atom is 0.137 e. The van der Waals surface area contributed by atoms with Gasteiger partial charge in [-0.15, -0.1) is 0 Å². The number of anilines is 1. The lowest BCUT2D eigenvalue weighted by Gasteiger charge is -1.99. The van der Waals surface area contributed by atoms with Gasteiger partial charge in [0, 0.05) is 18.8 Å². The molecule has 96 valence electrons. The fourth-order valence-corrected chi connectivity index (χ4v) is 2.10. The molecule has 3 rings (SSSR count). The quantitative estimate of drug-likeness (QED) is 0.765. The fraction of sp³-hybridized carbons (Fsp3) is 0.133. The van der Waals surface area contributed by atoms with Gasteiger partial charge in [-0.25, -0.2) is 9.37 Å². The van der Waals surface area contributed by atoms with Gasteiger partial charge < -0.3 is 10.1 Å². The van der Waals surface area contributed by atoms with Crippen molar-refractivity contribution in [3.05, 3.63) is 65.4 Å². The van der Waals surface area contributed by atoms with E-state index in [1.807, 2.05) is 29.8 Å². The number of benzene rings is 1. The van der Waals surface area contributed by atoms with Gasteiger partial charge in [0.1, 0.15) is 11.5 Å². The minimum absolute atomic E-state index is 0.220. The van der Waals surface area contributed by atoms with Crippen LogP contribution in [-0.2, 0) is 6.42 Å². The van der Waals surface area contributed by atoms with Crippen molar-refractivity contribution in [2.75, 3.05) is 5.73 Å². The number of pyridine rings is 1. The Labute approximate surface area is 110 Å². The number of imidazole rings is 1. The molecule has 2 N–H and O–H groups in total. The molecular formula is C15H14FN3. The van der Waals surface area contributed by atoms with E-state index >= 15 is 0 Å². The molecule has 0 unspecified atom stereocenters. The summed E-state index contributed by atoms with van der Waals surface area (Å²) in [6, 6.07) is 8.45. The third-order valence-corrected chi connectivity index (χ3v) is 3.19. The minimum Gasteiger partial charge on any atom is -0.397 e. The average Bonchev–Trinajstić information content (AvgIpc) is 2.74. The molecule has 0 amide bonds. The highest BCUT2D eigenvalue weighted by Crippen LogP contribution is 2.16. The van der Waals surface area contributed by atoms with Crippen LogP contribution < -0.4 is 5.73 Å². The number of rotatable bonds is 2. The van der Waals surface area contributed by atoms with E-state index in [9.17, 15) is 4.39 Å². The summed E-state index contributed by atoms with van der Waals surface area (Å²) in [6.07, 6.45) is 4.50. The van der Waals surface area contributed by atoms with Crippen LogP contribution >= 0.6 is 0 Å². The van der Waals surface area contributed by atoms with E-state index in [1.165, 1.54) is 12.1 Å². The van der Waals surface area contributed by atoms with Crippen LogP contribution in [0.15, 0.2) is 42.7 Å². The Balaban J connectivity index is 1.95. The van der Waals surface area contributed by atoms with E-state index in [1.54, 1.807) is 12.1 Å². The molecule has 0 radical (unpaired) electrons. The van der Waals surface area contributed by atoms with Crippen molar-refractivity contribution in [1.29, 1.82) is 0 Å². The van der Waals surface area contributed by atoms with Crippen LogP contribution in [0.25, 0.3) is 5.65 Å². The Morgan fingerprint density at radius 2 is 1.95 bits per heavy atom. The number of fused-ring (bicyclic) bond motifs is 1. The molecule has 4 heteroatoms. The van der Waals surface area contributed by atoms with Crippen LogP contribution in [0, 0.1) is 12.7 Å². The summed E-state index contributed by atoms with van der Waals surface area (Å²) in [7, 11) is 0. The first kappa shape index (κ1) is 11.7. The maximum atomic E-state index is 12.8. The highest BCUT2D eigenvalue weighted by Gasteiger charge is 2.05. The Hall–Kier alpha value is -2.36. The normalized spacial score (nSPS) is 11.1. The predicted molar refractivity (Wildman–Crippen MR) is 73.5 cm³/mol. The summed E-state index contributed by atoms with van der Waals surface area (Å²) >= 11 is 0. The molecule has 19 heavy (non-hydrogen) atoms. The first-order valence-electron chi connectivity index (χ1n) is 6.10. The second-order valence-electron chi connectivity index (χ2n) is 4.71. The zero-order valence-corrected chi connectivity index (χ0v) is 10.6. The van der Waals surface area contributed by atoms with E-state index in [4.69, 9.17) is 5.73 Å². The zero-order valence-electron chi connectivity index (χ0n) is 10.6. The summed E-state index contributed by atoms with van der Waals surface area (Å²) in [4.78, 5) is 4.55. The SMILES string of the molecule is Cc1cc2nc(Cc3ccc(F)cc3)cn2cc1N. The molecular weight excluding hydrogens is 241 g/mol. The monoisotopic (exact) mass is 255 g/mol. The third-order valence-electron chi connectivity index (χ3n) is 3.19. The zero-order chi connectivity index (χ0) is 13.4. The molecule has 1 aromatic carbocycles. The molecule has 0 aliphatic carbocycles. The van der Waals surface area contributed by atoms with E-state index in [0.717, 1.165) is 28.2 Å². The first-order valence-corrected chi connectivity index (χ1v) is 6.10. The van der Waals surface area contributed by atoms with Gasteiger partial charge in [0.25, 0.3) is 0 Å². The van der Waals surface area contributed by atoms with Crippen LogP contribution in [0.4, 0.5) is 10.1 Å². The molecule has 0 atom stereocenters. The standard InChI is InChI=1S/C15H14FN3/c1-10-6-15-18-13(8-19(15)9-14(10)17)7-11-2-4-12(16)5-3-11/h2-6,8-9H,7,17H2,1H3. The van der Waals surface area contributed by atoms with E-state index in [2.05, 4.69) is 4.98 Å². The molecule has 3 nitrogen and oxygen atoms in total. The fourth-order valence-electron chi connectivity index (χ4n) is 2.10. The first-order chi connectivity index (χ1) is 9.11. The lowest BCUT2D eigenvalue weighted by atomic mass is 10.1. The number of aromatic nitrogens is 2. The Morgan fingerprint density at radius 1 is 1.21 bits per heavy atom. The second kappa shape index (κ2) is 4.39. The van der Waals surface area contributed by atoms with Gasteiger partial charge in [0.05, 0.1) is 11.4 Å². The summed E-state index contributed by atoms with van der Waals surface area (Å²) in [5.74, 6) is -0.220. The summed E-state index contributed by atoms with van der Waals surface area (Å²) in [6.45, 7) is 1.96. The number of aryl methyl sites for hydroxylation is 1. The molecule has 0 aliphatic heterocycles. The molecule has 0 saturated carbocycles. The van der Waals surface area contributed by atoms with Crippen molar-refractivity contribution in [2.24, 2.45) is 0 Å². The van der Waals surface area contributed by atoms with Gasteiger partial charge >= 0.3 is 0 Å². The lowest BCUT2D eigenvalue weighted by Crippen LogP contribution is -1.93. The van der Waals surface area contributed by atoms with Gasteiger partial charge in [-0.05, 0) is 36.2 Å². The highest BCUT2D eigenvalue weighted by molar-refractivity contribution is 5.54. The summed E-state index contributed by atoms with van der Waals surface area (Å²) < 4.78 is 14.8. The predicted octanol–water partition coefficient (Wildman–Crippen LogP) is 2.95. The lowest BCUT2D eigenvalue weighted by molar-refractivity contribution is 0.627. The van der Waals surface area contributed by atoms with Gasteiger partial charge in [-0.1, -0.05) is 12.1 Å². The highest BCUT2D eigenvalue weighted by atomic mass is 19.1. The number of hydrogen-bond acceptors (Lipinski definition) is 2. The van der Waals surface area contributed by atoms with Gasteiger partial charge in [-0.3, -0.25) is 0 Å². The average molecular weight is 255 g/mol. The number of halogens is 1. The van der Waals surface area contributed by atoms with Crippen LogP contribution in [0.3, 0.4) is 0 Å².